The van der Waals surface area contributed by atoms with Crippen LogP contribution in [0.25, 0.3) is 0 Å². The molecule has 0 spiro atoms. The van der Waals surface area contributed by atoms with Crippen LogP contribution in [0.3, 0.4) is 0 Å². The first-order valence-electron chi connectivity index (χ1n) is 7.34. The van der Waals surface area contributed by atoms with E-state index < -0.39 is 18.0 Å². The van der Waals surface area contributed by atoms with Crippen molar-refractivity contribution in [3.63, 3.8) is 0 Å². The zero-order valence-electron chi connectivity index (χ0n) is 13.4. The van der Waals surface area contributed by atoms with Crippen molar-refractivity contribution in [3.8, 4) is 5.75 Å². The van der Waals surface area contributed by atoms with Gasteiger partial charge in [0.1, 0.15) is 11.5 Å². The van der Waals surface area contributed by atoms with Crippen LogP contribution in [0.4, 0.5) is 0 Å². The number of benzene rings is 1. The van der Waals surface area contributed by atoms with Gasteiger partial charge in [-0.3, -0.25) is 4.79 Å². The van der Waals surface area contributed by atoms with Crippen LogP contribution in [-0.2, 0) is 20.9 Å². The number of rotatable bonds is 7. The van der Waals surface area contributed by atoms with E-state index in [1.54, 1.807) is 30.3 Å². The van der Waals surface area contributed by atoms with E-state index in [0.29, 0.717) is 16.5 Å². The summed E-state index contributed by atoms with van der Waals surface area (Å²) in [5.41, 5.74) is 0.805. The molecule has 0 aliphatic carbocycles. The van der Waals surface area contributed by atoms with Gasteiger partial charge in [-0.1, -0.05) is 11.6 Å². The predicted molar refractivity (Wildman–Crippen MR) is 87.8 cm³/mol. The molecular weight excluding hydrogens is 334 g/mol. The fourth-order valence-corrected chi connectivity index (χ4v) is 2.15. The topological polar surface area (TPSA) is 77.8 Å². The molecule has 1 aromatic heterocycles. The van der Waals surface area contributed by atoms with Crippen molar-refractivity contribution in [3.05, 3.63) is 52.9 Å². The number of halogens is 1. The lowest BCUT2D eigenvalue weighted by Crippen LogP contribution is -2.36. The summed E-state index contributed by atoms with van der Waals surface area (Å²) in [6.07, 6.45) is 0.587. The Morgan fingerprint density at radius 1 is 1.33 bits per heavy atom. The van der Waals surface area contributed by atoms with Gasteiger partial charge in [0.15, 0.2) is 12.7 Å². The lowest BCUT2D eigenvalue weighted by molar-refractivity contribution is -0.156. The summed E-state index contributed by atoms with van der Waals surface area (Å²) in [5.74, 6) is 0.0992. The van der Waals surface area contributed by atoms with E-state index >= 15 is 0 Å². The Labute approximate surface area is 144 Å². The van der Waals surface area contributed by atoms with Crippen molar-refractivity contribution in [2.75, 3.05) is 6.61 Å². The first kappa shape index (κ1) is 17.9. The highest BCUT2D eigenvalue weighted by atomic mass is 35.5. The fraction of sp³-hybridized carbons (Fsp3) is 0.294. The van der Waals surface area contributed by atoms with Crippen LogP contribution in [0.1, 0.15) is 18.2 Å². The maximum atomic E-state index is 11.9. The molecule has 1 N–H and O–H groups in total. The highest BCUT2D eigenvalue weighted by Crippen LogP contribution is 2.21. The Kier molecular flexibility index (Phi) is 6.26. The molecule has 0 radical (unpaired) electrons. The standard InChI is InChI=1S/C17H18ClNO5/c1-11-8-13(18)5-6-15(11)23-10-16(20)24-12(2)17(21)19-9-14-4-3-7-22-14/h3-8,12H,9-10H2,1-2H3,(H,19,21)/t12-/m0/s1. The molecule has 0 aliphatic heterocycles. The third-order valence-electron chi connectivity index (χ3n) is 3.18. The fourth-order valence-electron chi connectivity index (χ4n) is 1.93. The molecule has 1 aromatic carbocycles. The number of carbonyl (C=O) groups is 2. The average Bonchev–Trinajstić information content (AvgIpc) is 3.05. The number of ether oxygens (including phenoxy) is 2. The molecule has 0 unspecified atom stereocenters. The Balaban J connectivity index is 1.75. The molecule has 2 aromatic rings. The molecule has 0 fully saturated rings. The summed E-state index contributed by atoms with van der Waals surface area (Å²) >= 11 is 5.85. The monoisotopic (exact) mass is 351 g/mol. The van der Waals surface area contributed by atoms with Gasteiger partial charge in [0.05, 0.1) is 12.8 Å². The Hall–Kier alpha value is -2.47. The summed E-state index contributed by atoms with van der Waals surface area (Å²) in [4.78, 5) is 23.6. The number of furan rings is 1. The molecule has 0 saturated heterocycles. The van der Waals surface area contributed by atoms with Gasteiger partial charge in [0, 0.05) is 5.02 Å². The quantitative estimate of drug-likeness (QED) is 0.776. The molecule has 2 rings (SSSR count). The van der Waals surface area contributed by atoms with Gasteiger partial charge in [-0.05, 0) is 49.7 Å². The van der Waals surface area contributed by atoms with Crippen molar-refractivity contribution in [2.45, 2.75) is 26.5 Å². The van der Waals surface area contributed by atoms with E-state index in [1.165, 1.54) is 13.2 Å². The third-order valence-corrected chi connectivity index (χ3v) is 3.41. The van der Waals surface area contributed by atoms with Gasteiger partial charge in [0.2, 0.25) is 0 Å². The van der Waals surface area contributed by atoms with Crippen molar-refractivity contribution in [2.24, 2.45) is 0 Å². The maximum absolute atomic E-state index is 11.9. The van der Waals surface area contributed by atoms with E-state index in [2.05, 4.69) is 5.32 Å². The summed E-state index contributed by atoms with van der Waals surface area (Å²) in [6.45, 7) is 3.24. The normalized spacial score (nSPS) is 11.6. The van der Waals surface area contributed by atoms with E-state index in [0.717, 1.165) is 5.56 Å². The molecule has 1 heterocycles. The molecule has 6 nitrogen and oxygen atoms in total. The lowest BCUT2D eigenvalue weighted by atomic mass is 10.2. The van der Waals surface area contributed by atoms with E-state index in [-0.39, 0.29) is 13.2 Å². The molecule has 0 bridgehead atoms. The van der Waals surface area contributed by atoms with Crippen molar-refractivity contribution < 1.29 is 23.5 Å². The largest absolute Gasteiger partial charge is 0.482 e. The molecule has 0 aliphatic rings. The predicted octanol–water partition coefficient (Wildman–Crippen LogP) is 2.87. The van der Waals surface area contributed by atoms with Gasteiger partial charge in [-0.15, -0.1) is 0 Å². The van der Waals surface area contributed by atoms with Gasteiger partial charge >= 0.3 is 5.97 Å². The summed E-state index contributed by atoms with van der Waals surface area (Å²) in [5, 5.41) is 3.20. The highest BCUT2D eigenvalue weighted by molar-refractivity contribution is 6.30. The SMILES string of the molecule is Cc1cc(Cl)ccc1OCC(=O)O[C@@H](C)C(=O)NCc1ccco1. The average molecular weight is 352 g/mol. The number of carbonyl (C=O) groups excluding carboxylic acids is 2. The third kappa shape index (κ3) is 5.31. The summed E-state index contributed by atoms with van der Waals surface area (Å²) in [7, 11) is 0. The van der Waals surface area contributed by atoms with Crippen LogP contribution >= 0.6 is 11.6 Å². The van der Waals surface area contributed by atoms with Crippen molar-refractivity contribution in [1.82, 2.24) is 5.32 Å². The number of hydrogen-bond acceptors (Lipinski definition) is 5. The van der Waals surface area contributed by atoms with Gasteiger partial charge in [-0.2, -0.15) is 0 Å². The van der Waals surface area contributed by atoms with Crippen LogP contribution in [0.5, 0.6) is 5.75 Å². The zero-order valence-corrected chi connectivity index (χ0v) is 14.1. The minimum atomic E-state index is -0.928. The molecule has 128 valence electrons. The Morgan fingerprint density at radius 2 is 2.12 bits per heavy atom. The Morgan fingerprint density at radius 3 is 2.79 bits per heavy atom. The van der Waals surface area contributed by atoms with Crippen LogP contribution in [0.15, 0.2) is 41.0 Å². The number of nitrogens with one attached hydrogen (secondary N) is 1. The number of amides is 1. The summed E-state index contributed by atoms with van der Waals surface area (Å²) in [6, 6.07) is 8.53. The van der Waals surface area contributed by atoms with E-state index in [4.69, 9.17) is 25.5 Å². The zero-order chi connectivity index (χ0) is 17.5. The second-order valence-electron chi connectivity index (χ2n) is 5.13. The molecule has 0 saturated carbocycles. The minimum absolute atomic E-state index is 0.230. The van der Waals surface area contributed by atoms with Crippen LogP contribution in [0, 0.1) is 6.92 Å². The molecular formula is C17H18ClNO5. The molecule has 7 heteroatoms. The second kappa shape index (κ2) is 8.40. The Bertz CT molecular complexity index is 699. The maximum Gasteiger partial charge on any atom is 0.344 e. The van der Waals surface area contributed by atoms with Gasteiger partial charge in [-0.25, -0.2) is 4.79 Å². The van der Waals surface area contributed by atoms with E-state index in [9.17, 15) is 9.59 Å². The second-order valence-corrected chi connectivity index (χ2v) is 5.56. The molecule has 1 atom stereocenters. The number of esters is 1. The first-order chi connectivity index (χ1) is 11.5. The highest BCUT2D eigenvalue weighted by Gasteiger charge is 2.18. The van der Waals surface area contributed by atoms with Crippen LogP contribution in [0.2, 0.25) is 5.02 Å². The minimum Gasteiger partial charge on any atom is -0.482 e. The van der Waals surface area contributed by atoms with Crippen molar-refractivity contribution in [1.29, 1.82) is 0 Å². The first-order valence-corrected chi connectivity index (χ1v) is 7.72. The number of hydrogen-bond donors (Lipinski definition) is 1. The molecule has 1 amide bonds. The van der Waals surface area contributed by atoms with Gasteiger partial charge in [0.25, 0.3) is 5.91 Å². The van der Waals surface area contributed by atoms with Crippen LogP contribution < -0.4 is 10.1 Å². The van der Waals surface area contributed by atoms with Crippen molar-refractivity contribution >= 4 is 23.5 Å². The van der Waals surface area contributed by atoms with E-state index in [1.807, 2.05) is 6.92 Å². The number of aryl methyl sites for hydroxylation is 1. The smallest absolute Gasteiger partial charge is 0.344 e. The van der Waals surface area contributed by atoms with Crippen LogP contribution in [-0.4, -0.2) is 24.6 Å². The molecule has 24 heavy (non-hydrogen) atoms. The summed E-state index contributed by atoms with van der Waals surface area (Å²) < 4.78 is 15.5. The van der Waals surface area contributed by atoms with Gasteiger partial charge < -0.3 is 19.2 Å². The lowest BCUT2D eigenvalue weighted by Gasteiger charge is -2.14.